The molecule has 0 amide bonds. The lowest BCUT2D eigenvalue weighted by molar-refractivity contribution is -0.633. The highest BCUT2D eigenvalue weighted by Gasteiger charge is 2.41. The lowest BCUT2D eigenvalue weighted by Crippen LogP contribution is -2.31. The van der Waals surface area contributed by atoms with E-state index >= 15 is 0 Å². The zero-order chi connectivity index (χ0) is 102. The van der Waals surface area contributed by atoms with Crippen molar-refractivity contribution >= 4 is 132 Å². The molecule has 0 fully saturated rings. The van der Waals surface area contributed by atoms with Crippen molar-refractivity contribution in [2.45, 2.75) is 200 Å². The van der Waals surface area contributed by atoms with Crippen molar-refractivity contribution in [1.29, 1.82) is 0 Å². The monoisotopic (exact) mass is 1930 g/mol. The summed E-state index contributed by atoms with van der Waals surface area (Å²) in [6, 6.07) is 94.9. The van der Waals surface area contributed by atoms with Crippen molar-refractivity contribution < 1.29 is 35.9 Å². The van der Waals surface area contributed by atoms with E-state index in [1.165, 1.54) is 117 Å². The van der Waals surface area contributed by atoms with Gasteiger partial charge in [-0.05, 0) is 191 Å². The molecule has 0 atom stereocenters. The summed E-state index contributed by atoms with van der Waals surface area (Å²) in [5.74, 6) is 7.40. The molecule has 24 rings (SSSR count). The fourth-order valence-electron chi connectivity index (χ4n) is 23.0. The molecule has 0 aliphatic rings. The number of hydrogen-bond acceptors (Lipinski definition) is 8. The number of benzene rings is 12. The molecule has 24 aromatic rings. The molecule has 0 saturated carbocycles. The Kier molecular flexibility index (Phi) is 25.2. The molecule has 0 N–H and O–H groups in total. The summed E-state index contributed by atoms with van der Waals surface area (Å²) >= 11 is 0. The zero-order valence-electron chi connectivity index (χ0n) is 89.2. The van der Waals surface area contributed by atoms with Crippen LogP contribution in [-0.4, -0.2) is 38.2 Å². The summed E-state index contributed by atoms with van der Waals surface area (Å²) in [5, 5.41) is 6.44. The number of nitrogens with zero attached hydrogens (tertiary/aromatic N) is 12. The first-order chi connectivity index (χ1) is 70.3. The van der Waals surface area contributed by atoms with Crippen LogP contribution in [0.25, 0.3) is 200 Å². The molecule has 0 aliphatic carbocycles. The third-order valence-corrected chi connectivity index (χ3v) is 30.1. The van der Waals surface area contributed by atoms with Crippen molar-refractivity contribution in [2.75, 3.05) is 0 Å². The molecule has 12 aromatic heterocycles. The second kappa shape index (κ2) is 38.1. The number of pyridine rings is 4. The average Bonchev–Trinajstić information content (AvgIpc) is 1.57. The molecule has 0 saturated heterocycles. The van der Waals surface area contributed by atoms with E-state index in [0.29, 0.717) is 47.3 Å². The van der Waals surface area contributed by atoms with Crippen molar-refractivity contribution in [3.8, 4) is 68.3 Å². The predicted octanol–water partition coefficient (Wildman–Crippen LogP) is 32.5. The van der Waals surface area contributed by atoms with Gasteiger partial charge in [0.15, 0.2) is 72.0 Å². The molecule has 16 heteroatoms. The smallest absolute Gasteiger partial charge is 0.300 e. The molecule has 0 radical (unpaired) electrons. The molecule has 12 aromatic carbocycles. The van der Waals surface area contributed by atoms with Crippen LogP contribution in [0.3, 0.4) is 0 Å². The summed E-state index contributed by atoms with van der Waals surface area (Å²) in [6.45, 7) is 49.1. The first kappa shape index (κ1) is 96.5. The number of aromatic nitrogens is 12. The fourth-order valence-corrected chi connectivity index (χ4v) is 23.0. The number of para-hydroxylation sites is 15. The van der Waals surface area contributed by atoms with Crippen LogP contribution in [0, 0.1) is 41.5 Å². The van der Waals surface area contributed by atoms with Gasteiger partial charge in [0.1, 0.15) is 72.8 Å². The van der Waals surface area contributed by atoms with Gasteiger partial charge in [-0.1, -0.05) is 287 Å². The Morgan fingerprint density at radius 1 is 0.233 bits per heavy atom. The summed E-state index contributed by atoms with van der Waals surface area (Å²) in [5.41, 5.74) is 44.5. The standard InChI is InChI=1S/2C33H34N3O.2C32H32N3O/c1-19(2)23-14-12-15-24(20(3)4)31(23)36-27-17-10-9-16-26(27)35(7)33(36)30-22(6)34-21(5)29-25-13-8-11-18-28(25)37-32(29)30;1-19(2)23-11-10-12-24(20(3)4)31(23)36-27-14-9-8-13-26(27)35(7)33(36)29-21(5)15-17-25-30-28(37-32(25)29)18-16-22(6)34-30;1-19(2)22-13-11-14-23(20(3)4)30(22)35-27-16-9-8-15-26(27)34(6)32(35)29-21(5)33-18-25-24-12-7-10-17-28(24)36-31(25)29;1-19(2)22-13-11-14-23(20(3)4)30(22)35-26-16-9-8-15-25(26)34(6)32(35)28-21(5)18-33-29-24-12-7-10-17-27(24)36-31(28)29/h2*8-20H,1-7H3;2*7-20H,1-6H3/q4*+1. The van der Waals surface area contributed by atoms with E-state index in [2.05, 4.69) is 422 Å². The van der Waals surface area contributed by atoms with Crippen LogP contribution in [-0.2, 0) is 28.2 Å². The Bertz CT molecular complexity index is 8930. The van der Waals surface area contributed by atoms with Gasteiger partial charge in [0.05, 0.1) is 45.0 Å². The van der Waals surface area contributed by atoms with E-state index in [9.17, 15) is 0 Å². The van der Waals surface area contributed by atoms with Crippen LogP contribution < -0.4 is 18.3 Å². The van der Waals surface area contributed by atoms with E-state index in [4.69, 9.17) is 37.6 Å². The third kappa shape index (κ3) is 15.9. The molecule has 146 heavy (non-hydrogen) atoms. The maximum atomic E-state index is 6.63. The highest BCUT2D eigenvalue weighted by atomic mass is 16.3. The number of imidazole rings is 4. The Balaban J connectivity index is 0.000000114. The summed E-state index contributed by atoms with van der Waals surface area (Å²) in [7, 11) is 8.65. The first-order valence-corrected chi connectivity index (χ1v) is 52.0. The van der Waals surface area contributed by atoms with E-state index in [-0.39, 0.29) is 0 Å². The molecule has 0 spiro atoms. The molecule has 0 bridgehead atoms. The van der Waals surface area contributed by atoms with Gasteiger partial charge in [-0.2, -0.15) is 18.3 Å². The second-order valence-corrected chi connectivity index (χ2v) is 42.4. The predicted molar refractivity (Wildman–Crippen MR) is 601 cm³/mol. The highest BCUT2D eigenvalue weighted by Crippen LogP contribution is 2.49. The van der Waals surface area contributed by atoms with Crippen LogP contribution in [0.1, 0.15) is 237 Å². The number of fused-ring (bicyclic) bond motifs is 16. The number of hydrogen-bond donors (Lipinski definition) is 0. The molecule has 12 heterocycles. The quantitative estimate of drug-likeness (QED) is 0.0872. The maximum absolute atomic E-state index is 6.63. The van der Waals surface area contributed by atoms with Crippen LogP contribution >= 0.6 is 0 Å². The number of rotatable bonds is 16. The Hall–Kier alpha value is -15.7. The van der Waals surface area contributed by atoms with Crippen molar-refractivity contribution in [3.05, 3.63) is 358 Å². The van der Waals surface area contributed by atoms with Crippen LogP contribution in [0.5, 0.6) is 0 Å². The minimum absolute atomic E-state index is 0.372. The number of aryl methyl sites for hydroxylation is 10. The molecular weight excluding hydrogens is 1790 g/mol. The minimum atomic E-state index is 0.372. The normalized spacial score (nSPS) is 12.1. The first-order valence-electron chi connectivity index (χ1n) is 52.0. The Morgan fingerprint density at radius 2 is 0.555 bits per heavy atom. The van der Waals surface area contributed by atoms with E-state index < -0.39 is 0 Å². The van der Waals surface area contributed by atoms with Gasteiger partial charge >= 0.3 is 11.6 Å². The fraction of sp³-hybridized carbons (Fsp3) is 0.262. The largest absolute Gasteiger partial charge is 0.455 e. The molecular formula is C130H132N12O4+4. The van der Waals surface area contributed by atoms with Gasteiger partial charge in [0, 0.05) is 95.2 Å². The van der Waals surface area contributed by atoms with Gasteiger partial charge in [0.25, 0.3) is 11.6 Å². The van der Waals surface area contributed by atoms with E-state index in [0.717, 1.165) is 162 Å². The zero-order valence-corrected chi connectivity index (χ0v) is 89.2. The lowest BCUT2D eigenvalue weighted by Gasteiger charge is -2.18. The van der Waals surface area contributed by atoms with Crippen molar-refractivity contribution in [2.24, 2.45) is 28.2 Å². The van der Waals surface area contributed by atoms with E-state index in [1.54, 1.807) is 0 Å². The second-order valence-electron chi connectivity index (χ2n) is 42.4. The molecule has 16 nitrogen and oxygen atoms in total. The molecule has 732 valence electrons. The highest BCUT2D eigenvalue weighted by molar-refractivity contribution is 6.13. The van der Waals surface area contributed by atoms with Crippen molar-refractivity contribution in [1.82, 2.24) is 38.2 Å². The summed E-state index contributed by atoms with van der Waals surface area (Å²) < 4.78 is 45.4. The van der Waals surface area contributed by atoms with E-state index in [1.807, 2.05) is 73.9 Å². The number of furan rings is 4. The SMILES string of the molecule is Cc1ccc2oc3c(-c4n(-c5c(C(C)C)cccc5C(C)C)c5ccccc5[n+]4C)c(C)ccc3c2n1.Cc1cnc2c(oc3ccccc32)c1-c1n(-c2c(C(C)C)cccc2C(C)C)c2ccccc2[n+]1C.Cc1nc(C)c2c(oc3ccccc32)c1-c1n(-c2c(C(C)C)cccc2C(C)C)c2ccccc2[n+]1C.Cc1ncc2c(oc3ccccc32)c1-c1n(-c2c(C(C)C)cccc2C(C)C)c2ccccc2[n+]1C. The molecule has 0 unspecified atom stereocenters. The van der Waals surface area contributed by atoms with Gasteiger partial charge in [-0.25, -0.2) is 23.3 Å². The van der Waals surface area contributed by atoms with Gasteiger partial charge < -0.3 is 17.7 Å². The van der Waals surface area contributed by atoms with Crippen LogP contribution in [0.2, 0.25) is 0 Å². The third-order valence-electron chi connectivity index (χ3n) is 30.1. The minimum Gasteiger partial charge on any atom is -0.455 e. The van der Waals surface area contributed by atoms with Gasteiger partial charge in [-0.3, -0.25) is 15.0 Å². The van der Waals surface area contributed by atoms with Crippen LogP contribution in [0.4, 0.5) is 0 Å². The molecule has 0 aliphatic heterocycles. The Labute approximate surface area is 854 Å². The summed E-state index contributed by atoms with van der Waals surface area (Å²) in [6.07, 6.45) is 3.94. The van der Waals surface area contributed by atoms with Gasteiger partial charge in [-0.15, -0.1) is 0 Å². The Morgan fingerprint density at radius 3 is 0.966 bits per heavy atom. The van der Waals surface area contributed by atoms with Crippen LogP contribution in [0.15, 0.2) is 297 Å². The maximum Gasteiger partial charge on any atom is 0.300 e. The lowest BCUT2D eigenvalue weighted by atomic mass is 9.92. The average molecular weight is 1930 g/mol. The topological polar surface area (TPSA) is 139 Å². The van der Waals surface area contributed by atoms with Crippen molar-refractivity contribution in [3.63, 3.8) is 0 Å². The summed E-state index contributed by atoms with van der Waals surface area (Å²) in [4.78, 5) is 19.6. The van der Waals surface area contributed by atoms with Gasteiger partial charge in [0.2, 0.25) is 0 Å².